The molecule has 2 aliphatic rings. The monoisotopic (exact) mass is 371 g/mol. The second kappa shape index (κ2) is 5.96. The number of likely N-dealkylation sites (N-methyl/N-ethyl adjacent to an activating group) is 1. The van der Waals surface area contributed by atoms with Gasteiger partial charge in [-0.3, -0.25) is 14.8 Å². The van der Waals surface area contributed by atoms with Crippen molar-refractivity contribution < 1.29 is 4.79 Å². The largest absolute Gasteiger partial charge is 0.337 e. The van der Waals surface area contributed by atoms with Crippen molar-refractivity contribution in [3.8, 4) is 0 Å². The Morgan fingerprint density at radius 3 is 2.56 bits per heavy atom. The smallest absolute Gasteiger partial charge is 0.269 e. The van der Waals surface area contributed by atoms with Gasteiger partial charge in [0.05, 0.1) is 22.1 Å². The predicted molar refractivity (Wildman–Crippen MR) is 103 cm³/mol. The predicted octanol–water partition coefficient (Wildman–Crippen LogP) is 3.63. The molecule has 3 heterocycles. The minimum atomic E-state index is -0.0234. The summed E-state index contributed by atoms with van der Waals surface area (Å²) < 4.78 is 0. The van der Waals surface area contributed by atoms with E-state index >= 15 is 0 Å². The van der Waals surface area contributed by atoms with Crippen LogP contribution in [0.3, 0.4) is 0 Å². The number of hydrogen-bond acceptors (Lipinski definition) is 6. The number of nitrogens with one attached hydrogen (secondary N) is 1. The number of rotatable bonds is 1. The maximum atomic E-state index is 12.8. The quantitative estimate of drug-likeness (QED) is 0.776. The molecule has 0 aliphatic carbocycles. The molecule has 0 atom stereocenters. The summed E-state index contributed by atoms with van der Waals surface area (Å²) in [6.07, 6.45) is 0. The summed E-state index contributed by atoms with van der Waals surface area (Å²) >= 11 is 3.04. The third-order valence-electron chi connectivity index (χ3n) is 4.21. The van der Waals surface area contributed by atoms with Crippen molar-refractivity contribution in [2.24, 2.45) is 4.99 Å². The van der Waals surface area contributed by atoms with Crippen LogP contribution >= 0.6 is 23.5 Å². The lowest BCUT2D eigenvalue weighted by Crippen LogP contribution is -2.24. The van der Waals surface area contributed by atoms with E-state index in [1.807, 2.05) is 33.0 Å². The molecule has 0 unspecified atom stereocenters. The number of anilines is 1. The molecule has 1 N–H and O–H groups in total. The van der Waals surface area contributed by atoms with Gasteiger partial charge in [-0.15, -0.1) is 0 Å². The van der Waals surface area contributed by atoms with Crippen molar-refractivity contribution in [3.63, 3.8) is 0 Å². The topological polar surface area (TPSA) is 64.6 Å². The van der Waals surface area contributed by atoms with Crippen molar-refractivity contribution in [2.45, 2.75) is 18.7 Å². The summed E-state index contributed by atoms with van der Waals surface area (Å²) in [5.74, 6) is -0.0234. The lowest BCUT2D eigenvalue weighted by Gasteiger charge is -2.14. The third-order valence-corrected chi connectivity index (χ3v) is 6.69. The van der Waals surface area contributed by atoms with Crippen molar-refractivity contribution in [3.05, 3.63) is 45.6 Å². The minimum absolute atomic E-state index is 0.0234. The van der Waals surface area contributed by atoms with E-state index in [-0.39, 0.29) is 5.91 Å². The Morgan fingerprint density at radius 1 is 1.12 bits per heavy atom. The zero-order valence-electron chi connectivity index (χ0n) is 14.3. The molecule has 2 aliphatic heterocycles. The number of aromatic amines is 1. The van der Waals surface area contributed by atoms with Gasteiger partial charge < -0.3 is 4.90 Å². The highest BCUT2D eigenvalue weighted by atomic mass is 32.2. The van der Waals surface area contributed by atoms with Gasteiger partial charge >= 0.3 is 0 Å². The number of fused-ring (bicyclic) bond motifs is 1. The molecule has 1 aromatic heterocycles. The van der Waals surface area contributed by atoms with Crippen LogP contribution in [-0.2, 0) is 4.79 Å². The highest BCUT2D eigenvalue weighted by Gasteiger charge is 2.37. The first-order valence-corrected chi connectivity index (χ1v) is 9.41. The van der Waals surface area contributed by atoms with Gasteiger partial charge in [-0.1, -0.05) is 23.9 Å². The van der Waals surface area contributed by atoms with E-state index in [0.717, 1.165) is 32.7 Å². The number of thioether (sulfide) groups is 2. The van der Waals surface area contributed by atoms with Gasteiger partial charge in [0, 0.05) is 19.0 Å². The Morgan fingerprint density at radius 2 is 1.88 bits per heavy atom. The number of nitrogens with zero attached hydrogens (tertiary/aromatic N) is 4. The van der Waals surface area contributed by atoms with Crippen molar-refractivity contribution in [2.75, 3.05) is 19.0 Å². The summed E-state index contributed by atoms with van der Waals surface area (Å²) in [5.41, 5.74) is 3.64. The normalized spacial score (nSPS) is 21.6. The van der Waals surface area contributed by atoms with Crippen LogP contribution in [0.1, 0.15) is 11.4 Å². The first-order valence-electron chi connectivity index (χ1n) is 7.78. The molecule has 0 spiro atoms. The number of aromatic nitrogens is 2. The molecular formula is C17H17N5OS2. The van der Waals surface area contributed by atoms with E-state index in [4.69, 9.17) is 0 Å². The Bertz CT molecular complexity index is 927. The Hall–Kier alpha value is -2.19. The van der Waals surface area contributed by atoms with Gasteiger partial charge in [0.1, 0.15) is 10.6 Å². The van der Waals surface area contributed by atoms with E-state index in [1.165, 1.54) is 11.8 Å². The average Bonchev–Trinajstić information content (AvgIpc) is 3.20. The van der Waals surface area contributed by atoms with Crippen LogP contribution in [0.25, 0.3) is 0 Å². The van der Waals surface area contributed by atoms with E-state index < -0.39 is 0 Å². The fourth-order valence-corrected chi connectivity index (χ4v) is 5.10. The van der Waals surface area contributed by atoms with Gasteiger partial charge in [-0.05, 0) is 37.7 Å². The number of H-pyrrole nitrogens is 1. The third kappa shape index (κ3) is 2.56. The number of carbonyl (C=O) groups excluding carboxylic acids is 1. The first kappa shape index (κ1) is 16.3. The van der Waals surface area contributed by atoms with Crippen LogP contribution in [-0.4, -0.2) is 40.3 Å². The average molecular weight is 371 g/mol. The number of aryl methyl sites for hydroxylation is 2. The Balaban J connectivity index is 1.74. The Labute approximate surface area is 154 Å². The van der Waals surface area contributed by atoms with E-state index in [0.29, 0.717) is 10.1 Å². The number of carbonyl (C=O) groups is 1. The van der Waals surface area contributed by atoms with Gasteiger partial charge in [-0.25, -0.2) is 4.99 Å². The van der Waals surface area contributed by atoms with Gasteiger partial charge in [0.2, 0.25) is 0 Å². The van der Waals surface area contributed by atoms with Gasteiger partial charge in [0.15, 0.2) is 5.17 Å². The molecular weight excluding hydrogens is 354 g/mol. The van der Waals surface area contributed by atoms with Crippen LogP contribution in [0.15, 0.2) is 44.1 Å². The van der Waals surface area contributed by atoms with Crippen LogP contribution in [0.5, 0.6) is 0 Å². The number of benzene rings is 1. The maximum absolute atomic E-state index is 12.8. The van der Waals surface area contributed by atoms with Crippen molar-refractivity contribution >= 4 is 46.0 Å². The number of para-hydroxylation sites is 1. The summed E-state index contributed by atoms with van der Waals surface area (Å²) in [6.45, 7) is 3.83. The summed E-state index contributed by atoms with van der Waals surface area (Å²) in [5, 5.41) is 8.72. The van der Waals surface area contributed by atoms with Crippen molar-refractivity contribution in [1.29, 1.82) is 0 Å². The molecule has 2 aromatic rings. The molecule has 1 fully saturated rings. The number of hydrogen-bond donors (Lipinski definition) is 1. The number of amides is 1. The minimum Gasteiger partial charge on any atom is -0.337 e. The lowest BCUT2D eigenvalue weighted by atomic mass is 10.3. The van der Waals surface area contributed by atoms with Crippen molar-refractivity contribution in [1.82, 2.24) is 15.1 Å². The molecule has 0 bridgehead atoms. The molecule has 4 rings (SSSR count). The standard InChI is InChI=1S/C17H17N5OS2/c1-9-13(10(2)20-19-9)18-17-22(4)15(23)14(25-17)16-21(3)11-7-5-6-8-12(11)24-16/h5-8H,1-4H3,(H,19,20)/b16-14+,18-17?. The first-order chi connectivity index (χ1) is 12.0. The van der Waals surface area contributed by atoms with E-state index in [9.17, 15) is 4.79 Å². The number of aliphatic imine (C=N–C) groups is 1. The lowest BCUT2D eigenvalue weighted by molar-refractivity contribution is -0.121. The maximum Gasteiger partial charge on any atom is 0.269 e. The van der Waals surface area contributed by atoms with Gasteiger partial charge in [0.25, 0.3) is 5.91 Å². The van der Waals surface area contributed by atoms with Crippen LogP contribution in [0.2, 0.25) is 0 Å². The molecule has 1 aromatic carbocycles. The molecule has 0 saturated carbocycles. The number of amidine groups is 1. The van der Waals surface area contributed by atoms with Crippen LogP contribution in [0, 0.1) is 13.8 Å². The molecule has 1 saturated heterocycles. The highest BCUT2D eigenvalue weighted by molar-refractivity contribution is 8.19. The zero-order valence-corrected chi connectivity index (χ0v) is 16.0. The van der Waals surface area contributed by atoms with E-state index in [1.54, 1.807) is 23.7 Å². The second-order valence-corrected chi connectivity index (χ2v) is 7.91. The Kier molecular flexibility index (Phi) is 3.88. The molecule has 1 amide bonds. The fourth-order valence-electron chi connectivity index (χ4n) is 2.78. The van der Waals surface area contributed by atoms with Crippen LogP contribution < -0.4 is 4.90 Å². The highest BCUT2D eigenvalue weighted by Crippen LogP contribution is 2.49. The van der Waals surface area contributed by atoms with Crippen LogP contribution in [0.4, 0.5) is 11.4 Å². The SMILES string of the molecule is Cc1n[nH]c(C)c1N=C1S/C(=C2/Sc3ccccc3N2C)C(=O)N1C. The second-order valence-electron chi connectivity index (χ2n) is 5.91. The summed E-state index contributed by atoms with van der Waals surface area (Å²) in [7, 11) is 3.76. The molecule has 128 valence electrons. The van der Waals surface area contributed by atoms with E-state index in [2.05, 4.69) is 32.2 Å². The summed E-state index contributed by atoms with van der Waals surface area (Å²) in [6, 6.07) is 8.17. The summed E-state index contributed by atoms with van der Waals surface area (Å²) in [4.78, 5) is 23.0. The molecule has 6 nitrogen and oxygen atoms in total. The fraction of sp³-hybridized carbons (Fsp3) is 0.235. The molecule has 0 radical (unpaired) electrons. The zero-order chi connectivity index (χ0) is 17.7. The molecule has 8 heteroatoms. The molecule has 25 heavy (non-hydrogen) atoms. The van der Waals surface area contributed by atoms with Gasteiger partial charge in [-0.2, -0.15) is 5.10 Å².